The first-order valence-electron chi connectivity index (χ1n) is 4.94. The molecule has 2 heterocycles. The zero-order chi connectivity index (χ0) is 9.97. The summed E-state index contributed by atoms with van der Waals surface area (Å²) in [5.74, 6) is 0.898. The first-order chi connectivity index (χ1) is 6.81. The maximum Gasteiger partial charge on any atom is 0.205 e. The molecule has 1 fully saturated rings. The molecule has 0 radical (unpaired) electrons. The van der Waals surface area contributed by atoms with Crippen LogP contribution in [0.2, 0.25) is 0 Å². The molecule has 0 aliphatic carbocycles. The zero-order valence-electron chi connectivity index (χ0n) is 8.24. The van der Waals surface area contributed by atoms with Crippen LogP contribution in [0.25, 0.3) is 0 Å². The van der Waals surface area contributed by atoms with Crippen LogP contribution in [0, 0.1) is 6.92 Å². The summed E-state index contributed by atoms with van der Waals surface area (Å²) in [5.41, 5.74) is 0. The van der Waals surface area contributed by atoms with E-state index in [1.807, 2.05) is 6.92 Å². The Hall–Kier alpha value is -0.160. The largest absolute Gasteiger partial charge is 0.344 e. The Balaban J connectivity index is 2.09. The van der Waals surface area contributed by atoms with E-state index < -0.39 is 0 Å². The first-order valence-corrected chi connectivity index (χ1v) is 6.83. The molecule has 0 bridgehead atoms. The van der Waals surface area contributed by atoms with Gasteiger partial charge in [0.15, 0.2) is 0 Å². The summed E-state index contributed by atoms with van der Waals surface area (Å²) < 4.78 is 4.23. The Morgan fingerprint density at radius 2 is 2.50 bits per heavy atom. The van der Waals surface area contributed by atoms with Gasteiger partial charge in [0.25, 0.3) is 0 Å². The van der Waals surface area contributed by atoms with Crippen molar-refractivity contribution in [2.75, 3.05) is 16.8 Å². The van der Waals surface area contributed by atoms with Crippen molar-refractivity contribution in [3.63, 3.8) is 0 Å². The molecule has 1 unspecified atom stereocenters. The lowest BCUT2D eigenvalue weighted by Crippen LogP contribution is -2.29. The van der Waals surface area contributed by atoms with Crippen molar-refractivity contribution in [1.29, 1.82) is 0 Å². The lowest BCUT2D eigenvalue weighted by Gasteiger charge is -2.22. The van der Waals surface area contributed by atoms with E-state index in [2.05, 4.69) is 30.2 Å². The summed E-state index contributed by atoms with van der Waals surface area (Å²) in [6.07, 6.45) is 3.79. The zero-order valence-corrected chi connectivity index (χ0v) is 10.6. The number of rotatable bonds is 3. The highest BCUT2D eigenvalue weighted by Crippen LogP contribution is 2.28. The van der Waals surface area contributed by atoms with Crippen LogP contribution >= 0.6 is 27.5 Å². The fourth-order valence-corrected chi connectivity index (χ4v) is 3.22. The number of hydrogen-bond acceptors (Lipinski definition) is 4. The van der Waals surface area contributed by atoms with Crippen LogP contribution in [0.4, 0.5) is 5.13 Å². The molecule has 1 aliphatic rings. The van der Waals surface area contributed by atoms with E-state index in [4.69, 9.17) is 0 Å². The molecule has 14 heavy (non-hydrogen) atoms. The molecule has 1 aliphatic heterocycles. The molecule has 3 nitrogen and oxygen atoms in total. The van der Waals surface area contributed by atoms with Gasteiger partial charge in [0.05, 0.1) is 0 Å². The molecule has 78 valence electrons. The topological polar surface area (TPSA) is 29.0 Å². The van der Waals surface area contributed by atoms with E-state index in [9.17, 15) is 0 Å². The van der Waals surface area contributed by atoms with Crippen LogP contribution in [-0.2, 0) is 0 Å². The van der Waals surface area contributed by atoms with Gasteiger partial charge in [-0.15, -0.1) is 0 Å². The van der Waals surface area contributed by atoms with E-state index in [0.29, 0.717) is 6.04 Å². The third-order valence-corrected chi connectivity index (χ3v) is 3.88. The smallest absolute Gasteiger partial charge is 0.205 e. The maximum absolute atomic E-state index is 4.44. The van der Waals surface area contributed by atoms with E-state index in [1.165, 1.54) is 30.8 Å². The van der Waals surface area contributed by atoms with Gasteiger partial charge in [0, 0.05) is 29.4 Å². The van der Waals surface area contributed by atoms with Crippen molar-refractivity contribution in [1.82, 2.24) is 9.36 Å². The lowest BCUT2D eigenvalue weighted by molar-refractivity contribution is 0.651. The maximum atomic E-state index is 4.44. The summed E-state index contributed by atoms with van der Waals surface area (Å²) in [6, 6.07) is 0.668. The lowest BCUT2D eigenvalue weighted by atomic mass is 10.2. The summed E-state index contributed by atoms with van der Waals surface area (Å²) >= 11 is 5.03. The van der Waals surface area contributed by atoms with E-state index in [-0.39, 0.29) is 0 Å². The van der Waals surface area contributed by atoms with Gasteiger partial charge in [-0.2, -0.15) is 4.37 Å². The van der Waals surface area contributed by atoms with Crippen LogP contribution in [0.1, 0.15) is 25.1 Å². The summed E-state index contributed by atoms with van der Waals surface area (Å²) in [6.45, 7) is 3.10. The standard InChI is InChI=1S/C9H14BrN3S/c1-7-11-9(14-12-7)13-6-2-3-8(13)4-5-10/h8H,2-6H2,1H3. The number of anilines is 1. The second kappa shape index (κ2) is 4.57. The monoisotopic (exact) mass is 275 g/mol. The molecule has 1 aromatic rings. The third kappa shape index (κ3) is 2.08. The minimum Gasteiger partial charge on any atom is -0.344 e. The second-order valence-corrected chi connectivity index (χ2v) is 5.11. The Morgan fingerprint density at radius 3 is 3.14 bits per heavy atom. The third-order valence-electron chi connectivity index (χ3n) is 2.58. The SMILES string of the molecule is Cc1nsc(N2CCCC2CCBr)n1. The van der Waals surface area contributed by atoms with E-state index >= 15 is 0 Å². The number of alkyl halides is 1. The van der Waals surface area contributed by atoms with Crippen molar-refractivity contribution in [2.45, 2.75) is 32.2 Å². The van der Waals surface area contributed by atoms with Crippen LogP contribution in [0.5, 0.6) is 0 Å². The Bertz CT molecular complexity index is 302. The molecule has 0 spiro atoms. The molecule has 2 rings (SSSR count). The summed E-state index contributed by atoms with van der Waals surface area (Å²) in [5, 5.41) is 2.18. The number of halogens is 1. The van der Waals surface area contributed by atoms with Crippen LogP contribution in [0.15, 0.2) is 0 Å². The molecular weight excluding hydrogens is 262 g/mol. The van der Waals surface area contributed by atoms with Gasteiger partial charge in [0.2, 0.25) is 5.13 Å². The molecule has 0 saturated carbocycles. The minimum atomic E-state index is 0.668. The average molecular weight is 276 g/mol. The molecule has 1 saturated heterocycles. The predicted octanol–water partition coefficient (Wildman–Crippen LogP) is 2.60. The van der Waals surface area contributed by atoms with Crippen molar-refractivity contribution >= 4 is 32.6 Å². The number of nitrogens with zero attached hydrogens (tertiary/aromatic N) is 3. The average Bonchev–Trinajstić information content (AvgIpc) is 2.74. The van der Waals surface area contributed by atoms with Crippen molar-refractivity contribution in [2.24, 2.45) is 0 Å². The highest BCUT2D eigenvalue weighted by atomic mass is 79.9. The molecular formula is C9H14BrN3S. The molecule has 0 amide bonds. The van der Waals surface area contributed by atoms with Gasteiger partial charge < -0.3 is 4.90 Å². The fourth-order valence-electron chi connectivity index (χ4n) is 1.92. The number of aryl methyl sites for hydroxylation is 1. The van der Waals surface area contributed by atoms with Gasteiger partial charge in [0.1, 0.15) is 5.82 Å². The fraction of sp³-hybridized carbons (Fsp3) is 0.778. The molecule has 1 atom stereocenters. The Kier molecular flexibility index (Phi) is 3.38. The number of hydrogen-bond donors (Lipinski definition) is 0. The van der Waals surface area contributed by atoms with Crippen LogP contribution in [-0.4, -0.2) is 27.3 Å². The quantitative estimate of drug-likeness (QED) is 0.795. The van der Waals surface area contributed by atoms with Crippen molar-refractivity contribution < 1.29 is 0 Å². The van der Waals surface area contributed by atoms with Gasteiger partial charge in [-0.3, -0.25) is 0 Å². The van der Waals surface area contributed by atoms with Crippen molar-refractivity contribution in [3.8, 4) is 0 Å². The molecule has 0 aromatic carbocycles. The first kappa shape index (κ1) is 10.4. The second-order valence-electron chi connectivity index (χ2n) is 3.59. The van der Waals surface area contributed by atoms with E-state index in [0.717, 1.165) is 22.8 Å². The molecule has 0 N–H and O–H groups in total. The predicted molar refractivity (Wildman–Crippen MR) is 63.4 cm³/mol. The Morgan fingerprint density at radius 1 is 1.64 bits per heavy atom. The Labute approximate surface area is 96.8 Å². The number of aromatic nitrogens is 2. The minimum absolute atomic E-state index is 0.668. The van der Waals surface area contributed by atoms with Gasteiger partial charge in [-0.25, -0.2) is 4.98 Å². The van der Waals surface area contributed by atoms with E-state index in [1.54, 1.807) is 0 Å². The summed E-state index contributed by atoms with van der Waals surface area (Å²) in [7, 11) is 0. The van der Waals surface area contributed by atoms with Crippen LogP contribution < -0.4 is 4.90 Å². The van der Waals surface area contributed by atoms with Gasteiger partial charge in [-0.1, -0.05) is 15.9 Å². The highest BCUT2D eigenvalue weighted by Gasteiger charge is 2.26. The van der Waals surface area contributed by atoms with Gasteiger partial charge >= 0.3 is 0 Å². The summed E-state index contributed by atoms with van der Waals surface area (Å²) in [4.78, 5) is 6.85. The normalized spacial score (nSPS) is 21.9. The molecule has 5 heteroatoms. The van der Waals surface area contributed by atoms with Gasteiger partial charge in [-0.05, 0) is 26.2 Å². The van der Waals surface area contributed by atoms with Crippen LogP contribution in [0.3, 0.4) is 0 Å². The van der Waals surface area contributed by atoms with Crippen molar-refractivity contribution in [3.05, 3.63) is 5.82 Å². The highest BCUT2D eigenvalue weighted by molar-refractivity contribution is 9.09. The molecule has 1 aromatic heterocycles.